The van der Waals surface area contributed by atoms with Gasteiger partial charge in [0, 0.05) is 22.8 Å². The zero-order valence-corrected chi connectivity index (χ0v) is 15.4. The van der Waals surface area contributed by atoms with Gasteiger partial charge in [-0.1, -0.05) is 29.3 Å². The maximum absolute atomic E-state index is 12.4. The molecule has 2 aromatic carbocycles. The first-order valence-corrected chi connectivity index (χ1v) is 9.17. The van der Waals surface area contributed by atoms with Crippen molar-refractivity contribution in [3.05, 3.63) is 58.1 Å². The molecule has 0 aliphatic carbocycles. The summed E-state index contributed by atoms with van der Waals surface area (Å²) < 4.78 is 25.8. The van der Waals surface area contributed by atoms with Gasteiger partial charge in [-0.05, 0) is 48.9 Å². The van der Waals surface area contributed by atoms with Gasteiger partial charge in [-0.25, -0.2) is 8.42 Å². The Morgan fingerprint density at radius 3 is 2.29 bits per heavy atom. The molecule has 2 rings (SSSR count). The van der Waals surface area contributed by atoms with Gasteiger partial charge < -0.3 is 5.32 Å². The summed E-state index contributed by atoms with van der Waals surface area (Å²) in [5.74, 6) is -0.458. The van der Waals surface area contributed by atoms with Gasteiger partial charge in [-0.15, -0.1) is 0 Å². The van der Waals surface area contributed by atoms with Crippen molar-refractivity contribution in [2.75, 3.05) is 18.9 Å². The normalized spacial score (nSPS) is 11.5. The Morgan fingerprint density at radius 2 is 1.67 bits per heavy atom. The highest BCUT2D eigenvalue weighted by Gasteiger charge is 2.23. The molecule has 0 heterocycles. The lowest BCUT2D eigenvalue weighted by molar-refractivity contribution is -0.116. The molecule has 0 radical (unpaired) electrons. The Morgan fingerprint density at radius 1 is 1.08 bits per heavy atom. The van der Waals surface area contributed by atoms with E-state index in [-0.39, 0.29) is 11.4 Å². The zero-order valence-electron chi connectivity index (χ0n) is 13.1. The van der Waals surface area contributed by atoms with Crippen LogP contribution in [0.15, 0.2) is 47.4 Å². The monoisotopic (exact) mass is 386 g/mol. The van der Waals surface area contributed by atoms with Gasteiger partial charge in [-0.3, -0.25) is 4.79 Å². The molecule has 8 heteroatoms. The maximum Gasteiger partial charge on any atom is 0.243 e. The quantitative estimate of drug-likeness (QED) is 0.853. The van der Waals surface area contributed by atoms with Gasteiger partial charge in [0.05, 0.1) is 11.4 Å². The summed E-state index contributed by atoms with van der Waals surface area (Å²) >= 11 is 11.7. The maximum atomic E-state index is 12.4. The number of benzene rings is 2. The Kier molecular flexibility index (Phi) is 5.87. The molecule has 1 amide bonds. The van der Waals surface area contributed by atoms with Crippen LogP contribution in [0.5, 0.6) is 0 Å². The Hall–Kier alpha value is -1.60. The van der Waals surface area contributed by atoms with Crippen molar-refractivity contribution in [3.8, 4) is 0 Å². The molecule has 0 fully saturated rings. The number of halogens is 2. The van der Waals surface area contributed by atoms with E-state index in [9.17, 15) is 13.2 Å². The largest absolute Gasteiger partial charge is 0.325 e. The van der Waals surface area contributed by atoms with E-state index in [0.29, 0.717) is 15.7 Å². The van der Waals surface area contributed by atoms with E-state index in [1.54, 1.807) is 18.2 Å². The number of hydrogen-bond acceptors (Lipinski definition) is 3. The summed E-state index contributed by atoms with van der Waals surface area (Å²) in [6.07, 6.45) is 0. The highest BCUT2D eigenvalue weighted by molar-refractivity contribution is 7.89. The van der Waals surface area contributed by atoms with Crippen molar-refractivity contribution in [2.45, 2.75) is 11.8 Å². The number of sulfonamides is 1. The van der Waals surface area contributed by atoms with Gasteiger partial charge in [0.2, 0.25) is 15.9 Å². The lowest BCUT2D eigenvalue weighted by Crippen LogP contribution is -2.35. The fourth-order valence-corrected chi connectivity index (χ4v) is 3.42. The third-order valence-corrected chi connectivity index (χ3v) is 5.67. The number of rotatable bonds is 5. The molecule has 0 bridgehead atoms. The molecule has 0 aliphatic rings. The fraction of sp³-hybridized carbons (Fsp3) is 0.188. The van der Waals surface area contributed by atoms with E-state index in [2.05, 4.69) is 5.32 Å². The number of nitrogens with zero attached hydrogens (tertiary/aromatic N) is 1. The number of nitrogens with one attached hydrogen (secondary N) is 1. The van der Waals surface area contributed by atoms with Gasteiger partial charge in [0.25, 0.3) is 0 Å². The molecule has 2 aromatic rings. The van der Waals surface area contributed by atoms with Gasteiger partial charge >= 0.3 is 0 Å². The number of hydrogen-bond donors (Lipinski definition) is 1. The van der Waals surface area contributed by atoms with Crippen molar-refractivity contribution in [1.82, 2.24) is 4.31 Å². The number of carbonyl (C=O) groups is 1. The predicted molar refractivity (Wildman–Crippen MR) is 96.1 cm³/mol. The average Bonchev–Trinajstić information content (AvgIpc) is 2.51. The Bertz CT molecular complexity index is 852. The predicted octanol–water partition coefficient (Wildman–Crippen LogP) is 3.56. The van der Waals surface area contributed by atoms with Crippen LogP contribution in [0.1, 0.15) is 5.56 Å². The van der Waals surface area contributed by atoms with Crippen molar-refractivity contribution in [3.63, 3.8) is 0 Å². The molecule has 24 heavy (non-hydrogen) atoms. The van der Waals surface area contributed by atoms with E-state index in [1.807, 2.05) is 6.92 Å². The SMILES string of the molecule is Cc1ccc(Cl)cc1NC(=O)CN(C)S(=O)(=O)c1ccc(Cl)cc1. The third kappa shape index (κ3) is 4.48. The Balaban J connectivity index is 2.10. The number of carbonyl (C=O) groups excluding carboxylic acids is 1. The van der Waals surface area contributed by atoms with Crippen LogP contribution in [0.2, 0.25) is 10.0 Å². The highest BCUT2D eigenvalue weighted by Crippen LogP contribution is 2.21. The van der Waals surface area contributed by atoms with Gasteiger partial charge in [0.15, 0.2) is 0 Å². The lowest BCUT2D eigenvalue weighted by atomic mass is 10.2. The molecule has 0 aliphatic heterocycles. The Labute approximate surface area is 151 Å². The van der Waals surface area contributed by atoms with Crippen LogP contribution in [-0.2, 0) is 14.8 Å². The summed E-state index contributed by atoms with van der Waals surface area (Å²) in [5.41, 5.74) is 1.38. The smallest absolute Gasteiger partial charge is 0.243 e. The topological polar surface area (TPSA) is 66.5 Å². The van der Waals surface area contributed by atoms with Crippen LogP contribution >= 0.6 is 23.2 Å². The van der Waals surface area contributed by atoms with Crippen molar-refractivity contribution in [2.24, 2.45) is 0 Å². The van der Waals surface area contributed by atoms with Crippen LogP contribution in [0.4, 0.5) is 5.69 Å². The standard InChI is InChI=1S/C16H16Cl2N2O3S/c1-11-3-4-13(18)9-15(11)19-16(21)10-20(2)24(22,23)14-7-5-12(17)6-8-14/h3-9H,10H2,1-2H3,(H,19,21). The van der Waals surface area contributed by atoms with Crippen molar-refractivity contribution in [1.29, 1.82) is 0 Å². The summed E-state index contributed by atoms with van der Waals surface area (Å²) in [5, 5.41) is 3.58. The van der Waals surface area contributed by atoms with Crippen LogP contribution in [0.3, 0.4) is 0 Å². The molecule has 0 spiro atoms. The molecule has 0 atom stereocenters. The summed E-state index contributed by atoms with van der Waals surface area (Å²) in [6, 6.07) is 10.9. The second-order valence-electron chi connectivity index (χ2n) is 5.22. The molecule has 5 nitrogen and oxygen atoms in total. The van der Waals surface area contributed by atoms with Crippen LogP contribution in [0.25, 0.3) is 0 Å². The van der Waals surface area contributed by atoms with E-state index in [4.69, 9.17) is 23.2 Å². The number of aryl methyl sites for hydroxylation is 1. The van der Waals surface area contributed by atoms with E-state index >= 15 is 0 Å². The number of amides is 1. The minimum Gasteiger partial charge on any atom is -0.325 e. The first kappa shape index (κ1) is 18.7. The molecular formula is C16H16Cl2N2O3S. The minimum atomic E-state index is -3.77. The molecule has 0 unspecified atom stereocenters. The molecule has 0 saturated heterocycles. The zero-order chi connectivity index (χ0) is 17.9. The van der Waals surface area contributed by atoms with Crippen LogP contribution in [-0.4, -0.2) is 32.2 Å². The first-order chi connectivity index (χ1) is 11.2. The van der Waals surface area contributed by atoms with Crippen molar-refractivity contribution < 1.29 is 13.2 Å². The molecule has 0 aromatic heterocycles. The average molecular weight is 387 g/mol. The molecular weight excluding hydrogens is 371 g/mol. The van der Waals surface area contributed by atoms with E-state index in [1.165, 1.54) is 31.3 Å². The molecule has 1 N–H and O–H groups in total. The van der Waals surface area contributed by atoms with E-state index in [0.717, 1.165) is 9.87 Å². The minimum absolute atomic E-state index is 0.0705. The van der Waals surface area contributed by atoms with E-state index < -0.39 is 15.9 Å². The number of anilines is 1. The third-order valence-electron chi connectivity index (χ3n) is 3.36. The fourth-order valence-electron chi connectivity index (χ4n) is 1.99. The van der Waals surface area contributed by atoms with Gasteiger partial charge in [-0.2, -0.15) is 4.31 Å². The molecule has 128 valence electrons. The summed E-state index contributed by atoms with van der Waals surface area (Å²) in [4.78, 5) is 12.2. The second kappa shape index (κ2) is 7.53. The second-order valence-corrected chi connectivity index (χ2v) is 8.14. The van der Waals surface area contributed by atoms with Crippen LogP contribution in [0, 0.1) is 6.92 Å². The first-order valence-electron chi connectivity index (χ1n) is 6.98. The van der Waals surface area contributed by atoms with Crippen molar-refractivity contribution >= 4 is 44.8 Å². The highest BCUT2D eigenvalue weighted by atomic mass is 35.5. The number of likely N-dealkylation sites (N-methyl/N-ethyl adjacent to an activating group) is 1. The van der Waals surface area contributed by atoms with Crippen LogP contribution < -0.4 is 5.32 Å². The lowest BCUT2D eigenvalue weighted by Gasteiger charge is -2.17. The summed E-state index contributed by atoms with van der Waals surface area (Å²) in [7, 11) is -2.43. The molecule has 0 saturated carbocycles. The van der Waals surface area contributed by atoms with Gasteiger partial charge in [0.1, 0.15) is 0 Å². The summed E-state index contributed by atoms with van der Waals surface area (Å²) in [6.45, 7) is 1.50.